The van der Waals surface area contributed by atoms with Crippen molar-refractivity contribution in [2.75, 3.05) is 39.6 Å². The molecule has 4 fully saturated rings. The molecule has 1 amide bonds. The molecular weight excluding hydrogens is 1040 g/mol. The third-order valence-electron chi connectivity index (χ3n) is 14.5. The molecule has 12 rings (SSSR count). The minimum atomic E-state index is -1.27. The zero-order chi connectivity index (χ0) is 53.2. The number of imidazole rings is 2. The van der Waals surface area contributed by atoms with E-state index in [1.54, 1.807) is 0 Å². The number of primary amides is 1. The summed E-state index contributed by atoms with van der Waals surface area (Å²) in [6, 6.07) is 42.2. The van der Waals surface area contributed by atoms with Crippen LogP contribution in [0.5, 0.6) is 12.0 Å². The third kappa shape index (κ3) is 11.8. The van der Waals surface area contributed by atoms with Crippen LogP contribution in [0.2, 0.25) is 35.7 Å². The van der Waals surface area contributed by atoms with Gasteiger partial charge >= 0.3 is 6.01 Å². The van der Waals surface area contributed by atoms with Crippen LogP contribution in [0.3, 0.4) is 0 Å². The Kier molecular flexibility index (Phi) is 15.8. The Balaban J connectivity index is 0.000000168. The van der Waals surface area contributed by atoms with Gasteiger partial charge in [-0.15, -0.1) is 0 Å². The molecule has 0 saturated carbocycles. The van der Waals surface area contributed by atoms with E-state index >= 15 is 0 Å². The van der Waals surface area contributed by atoms with Crippen LogP contribution in [0.4, 0.5) is 0 Å². The lowest BCUT2D eigenvalue weighted by molar-refractivity contribution is -0.119. The van der Waals surface area contributed by atoms with Crippen molar-refractivity contribution in [3.63, 3.8) is 0 Å². The SMILES string of the molecule is C[Si](C)(C)CCOCn1c(O[C@@H]2CO[C@@H]3C(CC(N)=O)CO[C@@H]32)nc2nc(-c3ccc(-c4ccccc4)cc3)c(Cl)cc21.OCCC1CO[C@H]2[C@@H]1OC[C@H]2Oc1nc2nc(-c3ccc(-c4ccccc4)cc3)c(Cl)cc2[nH]1. The number of aliphatic hydroxyl groups is 1. The number of halogens is 2. The summed E-state index contributed by atoms with van der Waals surface area (Å²) >= 11 is 13.4. The molecule has 0 radical (unpaired) electrons. The molecule has 0 bridgehead atoms. The number of nitrogens with zero attached hydrogens (tertiary/aromatic N) is 5. The maximum absolute atomic E-state index is 11.5. The fraction of sp³-hybridized carbons (Fsp3) is 0.362. The van der Waals surface area contributed by atoms with Crippen molar-refractivity contribution in [3.8, 4) is 56.8 Å². The molecule has 8 atom stereocenters. The van der Waals surface area contributed by atoms with E-state index in [1.165, 1.54) is 0 Å². The zero-order valence-corrected chi connectivity index (χ0v) is 45.5. The Bertz CT molecular complexity index is 3330. The van der Waals surface area contributed by atoms with Crippen molar-refractivity contribution in [1.29, 1.82) is 0 Å². The van der Waals surface area contributed by atoms with E-state index in [1.807, 2.05) is 77.4 Å². The highest BCUT2D eigenvalue weighted by atomic mass is 35.5. The van der Waals surface area contributed by atoms with Gasteiger partial charge in [-0.25, -0.2) is 9.97 Å². The zero-order valence-electron chi connectivity index (χ0n) is 43.0. The molecule has 4 aromatic carbocycles. The van der Waals surface area contributed by atoms with Gasteiger partial charge in [0.15, 0.2) is 23.5 Å². The number of amides is 1. The highest BCUT2D eigenvalue weighted by Crippen LogP contribution is 2.39. The van der Waals surface area contributed by atoms with E-state index in [2.05, 4.69) is 78.1 Å². The molecule has 400 valence electrons. The first-order valence-electron chi connectivity index (χ1n) is 26.1. The van der Waals surface area contributed by atoms with E-state index in [4.69, 9.17) is 77.0 Å². The summed E-state index contributed by atoms with van der Waals surface area (Å²) in [6.45, 7) is 9.66. The second-order valence-corrected chi connectivity index (χ2v) is 27.6. The van der Waals surface area contributed by atoms with Crippen molar-refractivity contribution in [2.45, 2.75) is 81.9 Å². The summed E-state index contributed by atoms with van der Waals surface area (Å²) in [6.07, 6.45) is -0.581. The van der Waals surface area contributed by atoms with Gasteiger partial charge in [0.05, 0.1) is 71.1 Å². The van der Waals surface area contributed by atoms with Gasteiger partial charge in [0.2, 0.25) is 5.91 Å². The van der Waals surface area contributed by atoms with Crippen LogP contribution in [0.1, 0.15) is 12.8 Å². The fourth-order valence-electron chi connectivity index (χ4n) is 10.4. The molecule has 4 aromatic heterocycles. The first kappa shape index (κ1) is 52.8. The van der Waals surface area contributed by atoms with Crippen molar-refractivity contribution in [1.82, 2.24) is 29.5 Å². The molecule has 19 heteroatoms. The molecule has 4 aliphatic heterocycles. The molecule has 77 heavy (non-hydrogen) atoms. The molecule has 8 heterocycles. The summed E-state index contributed by atoms with van der Waals surface area (Å²) in [4.78, 5) is 33.6. The van der Waals surface area contributed by atoms with Crippen LogP contribution in [0.15, 0.2) is 121 Å². The van der Waals surface area contributed by atoms with Crippen LogP contribution in [-0.2, 0) is 35.2 Å². The number of pyridine rings is 2. The number of nitrogens with one attached hydrogen (secondary N) is 1. The number of fused-ring (bicyclic) bond motifs is 4. The lowest BCUT2D eigenvalue weighted by Crippen LogP contribution is -2.35. The summed E-state index contributed by atoms with van der Waals surface area (Å²) in [5.74, 6) is -0.264. The molecule has 4 aliphatic rings. The Morgan fingerprint density at radius 3 is 1.77 bits per heavy atom. The highest BCUT2D eigenvalue weighted by Gasteiger charge is 2.50. The summed E-state index contributed by atoms with van der Waals surface area (Å²) < 4.78 is 44.3. The van der Waals surface area contributed by atoms with Gasteiger partial charge in [-0.2, -0.15) is 9.97 Å². The van der Waals surface area contributed by atoms with E-state index < -0.39 is 14.2 Å². The molecule has 4 saturated heterocycles. The average Bonchev–Trinajstić information content (AvgIpc) is 4.36. The number of ether oxygens (including phenoxy) is 7. The number of carbonyl (C=O) groups is 1. The van der Waals surface area contributed by atoms with E-state index in [9.17, 15) is 9.90 Å². The standard InChI is InChI=1S/C32H37ClN4O5Si.C26H24ClN3O4/c1-43(2,3)14-13-39-19-37-25-16-24(33)28(22-11-9-21(10-12-22)20-7-5-4-6-8-20)35-31(25)36-32(37)42-26-18-41-29-23(15-27(34)38)17-40-30(26)29;27-19-12-20-25(29-22(19)17-8-6-16(7-9-17)15-4-2-1-3-5-15)30-26(28-20)34-21-14-33-23-18(10-11-31)13-32-24(21)23/h4-12,16,23,26,29-30H,13-15,17-19H2,1-3H3,(H2,34,38);1-9,12,18,21,23-24,31H,10-11,13-14H2,(H,28,29,30)/t23?,26-,29-,30-;18?,21-,23-,24-/m11/s1. The second kappa shape index (κ2) is 23.0. The number of carbonyl (C=O) groups excluding carboxylic acids is 1. The third-order valence-corrected chi connectivity index (χ3v) is 16.8. The minimum absolute atomic E-state index is 0.0560. The maximum Gasteiger partial charge on any atom is 0.301 e. The predicted octanol–water partition coefficient (Wildman–Crippen LogP) is 10.3. The van der Waals surface area contributed by atoms with Gasteiger partial charge in [0.1, 0.15) is 18.9 Å². The first-order valence-corrected chi connectivity index (χ1v) is 30.5. The lowest BCUT2D eigenvalue weighted by Gasteiger charge is -2.19. The van der Waals surface area contributed by atoms with Crippen LogP contribution >= 0.6 is 23.2 Å². The largest absolute Gasteiger partial charge is 0.456 e. The monoisotopic (exact) mass is 1100 g/mol. The Hall–Kier alpha value is -6.25. The van der Waals surface area contributed by atoms with E-state index in [-0.39, 0.29) is 68.0 Å². The second-order valence-electron chi connectivity index (χ2n) is 21.2. The van der Waals surface area contributed by atoms with Crippen molar-refractivity contribution in [3.05, 3.63) is 131 Å². The number of rotatable bonds is 17. The molecular formula is C58H61Cl2N7O9Si. The number of benzene rings is 4. The summed E-state index contributed by atoms with van der Waals surface area (Å²) in [5.41, 5.74) is 15.5. The number of H-pyrrole nitrogens is 1. The summed E-state index contributed by atoms with van der Waals surface area (Å²) in [7, 11) is -1.27. The van der Waals surface area contributed by atoms with Gasteiger partial charge in [-0.3, -0.25) is 9.36 Å². The quantitative estimate of drug-likeness (QED) is 0.0575. The number of aromatic amines is 1. The fourth-order valence-corrected chi connectivity index (χ4v) is 11.7. The summed E-state index contributed by atoms with van der Waals surface area (Å²) in [5, 5.41) is 10.3. The van der Waals surface area contributed by atoms with Gasteiger partial charge in [0, 0.05) is 50.7 Å². The minimum Gasteiger partial charge on any atom is -0.456 e. The number of hydrogen-bond acceptors (Lipinski definition) is 13. The molecule has 16 nitrogen and oxygen atoms in total. The molecule has 0 spiro atoms. The van der Waals surface area contributed by atoms with Gasteiger partial charge in [0.25, 0.3) is 6.01 Å². The average molecular weight is 1100 g/mol. The Morgan fingerprint density at radius 1 is 0.662 bits per heavy atom. The lowest BCUT2D eigenvalue weighted by atomic mass is 9.97. The number of aromatic nitrogens is 6. The molecule has 0 aliphatic carbocycles. The van der Waals surface area contributed by atoms with Gasteiger partial charge in [-0.05, 0) is 46.9 Å². The van der Waals surface area contributed by atoms with Crippen LogP contribution in [0, 0.1) is 11.8 Å². The Labute approximate surface area is 457 Å². The van der Waals surface area contributed by atoms with Crippen LogP contribution in [0.25, 0.3) is 67.1 Å². The van der Waals surface area contributed by atoms with Crippen LogP contribution in [-0.4, -0.2) is 125 Å². The predicted molar refractivity (Wildman–Crippen MR) is 298 cm³/mol. The molecule has 8 aromatic rings. The first-order chi connectivity index (χ1) is 37.3. The number of nitrogens with two attached hydrogens (primary N) is 1. The smallest absolute Gasteiger partial charge is 0.301 e. The van der Waals surface area contributed by atoms with Crippen molar-refractivity contribution >= 4 is 59.5 Å². The normalized spacial score (nSPS) is 22.7. The van der Waals surface area contributed by atoms with Crippen LogP contribution < -0.4 is 15.2 Å². The van der Waals surface area contributed by atoms with E-state index in [0.717, 1.165) is 39.4 Å². The van der Waals surface area contributed by atoms with Gasteiger partial charge in [-0.1, -0.05) is 152 Å². The maximum atomic E-state index is 11.5. The highest BCUT2D eigenvalue weighted by molar-refractivity contribution is 6.76. The Morgan fingerprint density at radius 2 is 1.18 bits per heavy atom. The number of aliphatic hydroxyl groups excluding tert-OH is 1. The number of hydrogen-bond donors (Lipinski definition) is 3. The molecule has 4 N–H and O–H groups in total. The van der Waals surface area contributed by atoms with E-state index in [0.29, 0.717) is 95.2 Å². The molecule has 2 unspecified atom stereocenters. The van der Waals surface area contributed by atoms with Crippen molar-refractivity contribution < 1.29 is 43.1 Å². The van der Waals surface area contributed by atoms with Crippen molar-refractivity contribution in [2.24, 2.45) is 17.6 Å². The topological polar surface area (TPSA) is 200 Å². The van der Waals surface area contributed by atoms with Gasteiger partial charge < -0.3 is 49.0 Å².